The van der Waals surface area contributed by atoms with Crippen LogP contribution in [0.4, 0.5) is 0 Å². The van der Waals surface area contributed by atoms with Gasteiger partial charge in [0.15, 0.2) is 0 Å². The van der Waals surface area contributed by atoms with Crippen LogP contribution in [0.15, 0.2) is 36.4 Å². The van der Waals surface area contributed by atoms with Crippen LogP contribution >= 0.6 is 34.8 Å². The van der Waals surface area contributed by atoms with Gasteiger partial charge in [0, 0.05) is 5.02 Å². The normalized spacial score (nSPS) is 10.6. The predicted octanol–water partition coefficient (Wildman–Crippen LogP) is 4.76. The third kappa shape index (κ3) is 3.85. The minimum absolute atomic E-state index is 0.311. The van der Waals surface area contributed by atoms with E-state index in [4.69, 9.17) is 39.5 Å². The van der Waals surface area contributed by atoms with Crippen molar-refractivity contribution in [3.63, 3.8) is 0 Å². The summed E-state index contributed by atoms with van der Waals surface area (Å²) in [4.78, 5) is 4.10. The molecule has 0 aliphatic carbocycles. The molecule has 5 heteroatoms. The molecule has 2 nitrogen and oxygen atoms in total. The van der Waals surface area contributed by atoms with Crippen LogP contribution in [0.5, 0.6) is 0 Å². The molecule has 18 heavy (non-hydrogen) atoms. The smallest absolute Gasteiger partial charge is 0.129 e. The molecule has 0 amide bonds. The van der Waals surface area contributed by atoms with Crippen molar-refractivity contribution in [2.24, 2.45) is 0 Å². The lowest BCUT2D eigenvalue weighted by Gasteiger charge is -2.06. The number of rotatable bonds is 4. The molecular weight excluding hydrogens is 293 g/mol. The zero-order valence-electron chi connectivity index (χ0n) is 9.37. The quantitative estimate of drug-likeness (QED) is 0.760. The van der Waals surface area contributed by atoms with Crippen LogP contribution in [0.25, 0.3) is 0 Å². The van der Waals surface area contributed by atoms with Crippen molar-refractivity contribution in [1.82, 2.24) is 4.98 Å². The van der Waals surface area contributed by atoms with Crippen molar-refractivity contribution in [3.05, 3.63) is 62.9 Å². The van der Waals surface area contributed by atoms with E-state index in [1.165, 1.54) is 0 Å². The first-order valence-corrected chi connectivity index (χ1v) is 6.41. The van der Waals surface area contributed by atoms with E-state index in [-0.39, 0.29) is 0 Å². The van der Waals surface area contributed by atoms with Gasteiger partial charge in [0.25, 0.3) is 0 Å². The maximum atomic E-state index is 5.98. The zero-order chi connectivity index (χ0) is 13.0. The highest BCUT2D eigenvalue weighted by atomic mass is 35.5. The summed E-state index contributed by atoms with van der Waals surface area (Å²) in [6.07, 6.45) is 0. The highest BCUT2D eigenvalue weighted by molar-refractivity contribution is 6.32. The van der Waals surface area contributed by atoms with Crippen molar-refractivity contribution >= 4 is 34.8 Å². The number of aromatic nitrogens is 1. The molecule has 0 unspecified atom stereocenters. The summed E-state index contributed by atoms with van der Waals surface area (Å²) in [5.74, 6) is 0. The van der Waals surface area contributed by atoms with E-state index in [9.17, 15) is 0 Å². The zero-order valence-corrected chi connectivity index (χ0v) is 11.6. The fourth-order valence-corrected chi connectivity index (χ4v) is 1.99. The molecule has 0 saturated heterocycles. The van der Waals surface area contributed by atoms with Crippen LogP contribution in [-0.4, -0.2) is 4.98 Å². The minimum Gasteiger partial charge on any atom is -0.370 e. The highest BCUT2D eigenvalue weighted by Crippen LogP contribution is 2.18. The second-order valence-electron chi connectivity index (χ2n) is 3.69. The molecule has 1 heterocycles. The monoisotopic (exact) mass is 301 g/mol. The molecule has 0 fully saturated rings. The minimum atomic E-state index is 0.311. The summed E-state index contributed by atoms with van der Waals surface area (Å²) in [6, 6.07) is 10.8. The molecule has 0 N–H and O–H groups in total. The molecule has 0 atom stereocenters. The standard InChI is InChI=1S/C13H10Cl3NO/c14-10-3-1-2-9(6-10)7-18-8-12-11(15)4-5-13(16)17-12/h1-6H,7-8H2. The third-order valence-corrected chi connectivity index (χ3v) is 3.07. The van der Waals surface area contributed by atoms with Gasteiger partial charge in [0.2, 0.25) is 0 Å². The van der Waals surface area contributed by atoms with Crippen molar-refractivity contribution in [3.8, 4) is 0 Å². The molecule has 0 aliphatic rings. The van der Waals surface area contributed by atoms with Crippen LogP contribution < -0.4 is 0 Å². The molecule has 0 radical (unpaired) electrons. The van der Waals surface area contributed by atoms with E-state index in [0.717, 1.165) is 5.56 Å². The lowest BCUT2D eigenvalue weighted by Crippen LogP contribution is -1.97. The van der Waals surface area contributed by atoms with Crippen molar-refractivity contribution < 1.29 is 4.74 Å². The Hall–Kier alpha value is -0.800. The van der Waals surface area contributed by atoms with Gasteiger partial charge in [-0.15, -0.1) is 0 Å². The Morgan fingerprint density at radius 3 is 2.61 bits per heavy atom. The largest absolute Gasteiger partial charge is 0.370 e. The number of benzene rings is 1. The topological polar surface area (TPSA) is 22.1 Å². The predicted molar refractivity (Wildman–Crippen MR) is 74.2 cm³/mol. The van der Waals surface area contributed by atoms with Gasteiger partial charge in [-0.25, -0.2) is 4.98 Å². The molecule has 2 rings (SSSR count). The number of hydrogen-bond donors (Lipinski definition) is 0. The van der Waals surface area contributed by atoms with Gasteiger partial charge in [0.1, 0.15) is 5.15 Å². The summed E-state index contributed by atoms with van der Waals surface area (Å²) < 4.78 is 5.53. The SMILES string of the molecule is Clc1cccc(COCc2nc(Cl)ccc2Cl)c1. The summed E-state index contributed by atoms with van der Waals surface area (Å²) in [7, 11) is 0. The van der Waals surface area contributed by atoms with Crippen LogP contribution in [0.2, 0.25) is 15.2 Å². The van der Waals surface area contributed by atoms with Gasteiger partial charge in [-0.3, -0.25) is 0 Å². The average molecular weight is 303 g/mol. The first-order chi connectivity index (χ1) is 8.65. The lowest BCUT2D eigenvalue weighted by atomic mass is 10.2. The Balaban J connectivity index is 1.94. The van der Waals surface area contributed by atoms with Crippen LogP contribution in [0.1, 0.15) is 11.3 Å². The van der Waals surface area contributed by atoms with E-state index in [0.29, 0.717) is 34.1 Å². The van der Waals surface area contributed by atoms with E-state index >= 15 is 0 Å². The van der Waals surface area contributed by atoms with Gasteiger partial charge >= 0.3 is 0 Å². The fraction of sp³-hybridized carbons (Fsp3) is 0.154. The average Bonchev–Trinajstić information content (AvgIpc) is 2.34. The molecule has 2 aromatic rings. The van der Waals surface area contributed by atoms with Gasteiger partial charge in [-0.05, 0) is 29.8 Å². The second kappa shape index (κ2) is 6.39. The number of hydrogen-bond acceptors (Lipinski definition) is 2. The molecule has 0 bridgehead atoms. The summed E-state index contributed by atoms with van der Waals surface area (Å²) in [6.45, 7) is 0.761. The Morgan fingerprint density at radius 1 is 1.00 bits per heavy atom. The van der Waals surface area contributed by atoms with Crippen LogP contribution in [0.3, 0.4) is 0 Å². The summed E-state index contributed by atoms with van der Waals surface area (Å²) >= 11 is 17.7. The Kier molecular flexibility index (Phi) is 4.84. The first kappa shape index (κ1) is 13.6. The van der Waals surface area contributed by atoms with Crippen LogP contribution in [-0.2, 0) is 18.0 Å². The number of pyridine rings is 1. The Morgan fingerprint density at radius 2 is 1.83 bits per heavy atom. The van der Waals surface area contributed by atoms with E-state index < -0.39 is 0 Å². The fourth-order valence-electron chi connectivity index (χ4n) is 1.45. The molecular formula is C13H10Cl3NO. The van der Waals surface area contributed by atoms with Crippen molar-refractivity contribution in [1.29, 1.82) is 0 Å². The molecule has 0 spiro atoms. The van der Waals surface area contributed by atoms with E-state index in [1.807, 2.05) is 24.3 Å². The van der Waals surface area contributed by atoms with Crippen molar-refractivity contribution in [2.45, 2.75) is 13.2 Å². The van der Waals surface area contributed by atoms with E-state index in [2.05, 4.69) is 4.98 Å². The molecule has 0 aliphatic heterocycles. The summed E-state index contributed by atoms with van der Waals surface area (Å²) in [5, 5.41) is 1.64. The number of nitrogens with zero attached hydrogens (tertiary/aromatic N) is 1. The number of halogens is 3. The maximum Gasteiger partial charge on any atom is 0.129 e. The van der Waals surface area contributed by atoms with Gasteiger partial charge < -0.3 is 4.74 Å². The van der Waals surface area contributed by atoms with E-state index in [1.54, 1.807) is 12.1 Å². The van der Waals surface area contributed by atoms with Gasteiger partial charge in [0.05, 0.1) is 23.9 Å². The molecule has 1 aromatic heterocycles. The highest BCUT2D eigenvalue weighted by Gasteiger charge is 2.03. The summed E-state index contributed by atoms with van der Waals surface area (Å²) in [5.41, 5.74) is 1.63. The molecule has 94 valence electrons. The lowest BCUT2D eigenvalue weighted by molar-refractivity contribution is 0.104. The molecule has 0 saturated carbocycles. The Bertz CT molecular complexity index is 546. The maximum absolute atomic E-state index is 5.98. The van der Waals surface area contributed by atoms with Gasteiger partial charge in [-0.2, -0.15) is 0 Å². The van der Waals surface area contributed by atoms with Crippen LogP contribution in [0, 0.1) is 0 Å². The van der Waals surface area contributed by atoms with Gasteiger partial charge in [-0.1, -0.05) is 46.9 Å². The number of ether oxygens (including phenoxy) is 1. The first-order valence-electron chi connectivity index (χ1n) is 5.28. The third-order valence-electron chi connectivity index (χ3n) is 2.28. The van der Waals surface area contributed by atoms with Crippen molar-refractivity contribution in [2.75, 3.05) is 0 Å². The molecule has 1 aromatic carbocycles. The second-order valence-corrected chi connectivity index (χ2v) is 4.92. The Labute approximate surface area is 120 Å².